The number of carbonyl (C=O) groups is 1. The van der Waals surface area contributed by atoms with Crippen molar-refractivity contribution in [3.05, 3.63) is 56.2 Å². The number of rotatable bonds is 3. The molecule has 9 heteroatoms. The fraction of sp³-hybridized carbons (Fsp3) is 0.294. The third-order valence-electron chi connectivity index (χ3n) is 4.32. The van der Waals surface area contributed by atoms with Crippen LogP contribution in [0.1, 0.15) is 30.5 Å². The number of ether oxygens (including phenoxy) is 1. The standard InChI is InChI=1S/C17H18N4O5/c1-9(22)21-13(10-4-6-11(26-3)7-5-10)8-12(19-21)14-15(23)18-17(25)20(2)16(14)24/h4-7,13,24H,8H2,1-3H3,(H,18,23,25)/t13-/m1/s1. The van der Waals surface area contributed by atoms with Crippen LogP contribution in [0, 0.1) is 0 Å². The van der Waals surface area contributed by atoms with Crippen LogP contribution < -0.4 is 16.0 Å². The highest BCUT2D eigenvalue weighted by molar-refractivity contribution is 6.04. The number of aromatic nitrogens is 2. The van der Waals surface area contributed by atoms with Gasteiger partial charge >= 0.3 is 5.69 Å². The van der Waals surface area contributed by atoms with Gasteiger partial charge in [0.1, 0.15) is 11.3 Å². The topological polar surface area (TPSA) is 117 Å². The summed E-state index contributed by atoms with van der Waals surface area (Å²) in [5.41, 5.74) is -0.557. The predicted octanol–water partition coefficient (Wildman–Crippen LogP) is 0.485. The number of hydrogen-bond acceptors (Lipinski definition) is 6. The number of aromatic amines is 1. The van der Waals surface area contributed by atoms with E-state index < -0.39 is 23.2 Å². The minimum atomic E-state index is -0.747. The minimum absolute atomic E-state index is 0.116. The van der Waals surface area contributed by atoms with E-state index in [2.05, 4.69) is 10.1 Å². The van der Waals surface area contributed by atoms with Crippen molar-refractivity contribution in [1.82, 2.24) is 14.6 Å². The Morgan fingerprint density at radius 2 is 1.96 bits per heavy atom. The van der Waals surface area contributed by atoms with Gasteiger partial charge in [0.05, 0.1) is 18.9 Å². The lowest BCUT2D eigenvalue weighted by atomic mass is 9.99. The molecule has 9 nitrogen and oxygen atoms in total. The largest absolute Gasteiger partial charge is 0.497 e. The molecular formula is C17H18N4O5. The molecule has 3 rings (SSSR count). The molecule has 1 aliphatic rings. The van der Waals surface area contributed by atoms with Crippen LogP contribution in [-0.2, 0) is 11.8 Å². The van der Waals surface area contributed by atoms with Gasteiger partial charge in [-0.2, -0.15) is 5.10 Å². The van der Waals surface area contributed by atoms with E-state index in [1.54, 1.807) is 19.2 Å². The Hall–Kier alpha value is -3.36. The predicted molar refractivity (Wildman–Crippen MR) is 93.4 cm³/mol. The van der Waals surface area contributed by atoms with Crippen molar-refractivity contribution in [2.45, 2.75) is 19.4 Å². The molecule has 1 atom stereocenters. The van der Waals surface area contributed by atoms with Gasteiger partial charge in [0.2, 0.25) is 11.8 Å². The van der Waals surface area contributed by atoms with Crippen LogP contribution in [-0.4, -0.2) is 38.4 Å². The number of nitrogens with one attached hydrogen (secondary N) is 1. The number of amides is 1. The maximum atomic E-state index is 12.2. The highest BCUT2D eigenvalue weighted by atomic mass is 16.5. The van der Waals surface area contributed by atoms with Gasteiger partial charge in [0.25, 0.3) is 5.56 Å². The van der Waals surface area contributed by atoms with Gasteiger partial charge in [0.15, 0.2) is 0 Å². The van der Waals surface area contributed by atoms with E-state index in [0.29, 0.717) is 5.75 Å². The Morgan fingerprint density at radius 1 is 1.31 bits per heavy atom. The van der Waals surface area contributed by atoms with Crippen molar-refractivity contribution >= 4 is 11.6 Å². The molecule has 2 aromatic rings. The van der Waals surface area contributed by atoms with E-state index in [1.807, 2.05) is 12.1 Å². The summed E-state index contributed by atoms with van der Waals surface area (Å²) in [7, 11) is 2.89. The summed E-state index contributed by atoms with van der Waals surface area (Å²) in [6.07, 6.45) is 0.223. The highest BCUT2D eigenvalue weighted by Crippen LogP contribution is 2.34. The number of nitrogens with zero attached hydrogens (tertiary/aromatic N) is 3. The lowest BCUT2D eigenvalue weighted by Gasteiger charge is -2.20. The summed E-state index contributed by atoms with van der Waals surface area (Å²) in [5.74, 6) is -0.118. The molecular weight excluding hydrogens is 340 g/mol. The van der Waals surface area contributed by atoms with Gasteiger partial charge in [0, 0.05) is 20.4 Å². The van der Waals surface area contributed by atoms with Gasteiger partial charge in [-0.1, -0.05) is 12.1 Å². The number of hydrogen-bond donors (Lipinski definition) is 2. The molecule has 0 unspecified atom stereocenters. The Balaban J connectivity index is 2.05. The number of benzene rings is 1. The molecule has 0 radical (unpaired) electrons. The molecule has 1 aromatic carbocycles. The Bertz CT molecular complexity index is 1000. The average molecular weight is 358 g/mol. The molecule has 1 aromatic heterocycles. The minimum Gasteiger partial charge on any atom is -0.497 e. The third kappa shape index (κ3) is 2.87. The van der Waals surface area contributed by atoms with Crippen LogP contribution in [0.15, 0.2) is 39.0 Å². The first-order chi connectivity index (χ1) is 12.3. The second-order valence-corrected chi connectivity index (χ2v) is 5.92. The Kier molecular flexibility index (Phi) is 4.37. The maximum Gasteiger partial charge on any atom is 0.330 e. The monoisotopic (exact) mass is 358 g/mol. The molecule has 136 valence electrons. The lowest BCUT2D eigenvalue weighted by molar-refractivity contribution is -0.130. The summed E-state index contributed by atoms with van der Waals surface area (Å²) in [4.78, 5) is 37.9. The molecule has 0 bridgehead atoms. The zero-order chi connectivity index (χ0) is 19.0. The summed E-state index contributed by atoms with van der Waals surface area (Å²) >= 11 is 0. The van der Waals surface area contributed by atoms with Crippen molar-refractivity contribution in [3.63, 3.8) is 0 Å². The second-order valence-electron chi connectivity index (χ2n) is 5.92. The van der Waals surface area contributed by atoms with Gasteiger partial charge in [-0.3, -0.25) is 19.1 Å². The van der Waals surface area contributed by atoms with Crippen LogP contribution in [0.3, 0.4) is 0 Å². The smallest absolute Gasteiger partial charge is 0.330 e. The molecule has 0 fully saturated rings. The number of aromatic hydroxyl groups is 1. The lowest BCUT2D eigenvalue weighted by Crippen LogP contribution is -2.32. The fourth-order valence-corrected chi connectivity index (χ4v) is 2.91. The summed E-state index contributed by atoms with van der Waals surface area (Å²) in [5, 5.41) is 15.7. The first-order valence-electron chi connectivity index (χ1n) is 7.87. The molecule has 2 N–H and O–H groups in total. The van der Waals surface area contributed by atoms with Crippen LogP contribution in [0.5, 0.6) is 11.6 Å². The summed E-state index contributed by atoms with van der Waals surface area (Å²) in [6, 6.07) is 6.72. The molecule has 0 aliphatic carbocycles. The van der Waals surface area contributed by atoms with Crippen LogP contribution in [0.4, 0.5) is 0 Å². The fourth-order valence-electron chi connectivity index (χ4n) is 2.91. The van der Waals surface area contributed by atoms with Gasteiger partial charge in [-0.05, 0) is 17.7 Å². The SMILES string of the molecule is COc1ccc([C@H]2CC(c3c(O)n(C)c(=O)[nH]c3=O)=NN2C(C)=O)cc1. The average Bonchev–Trinajstić information content (AvgIpc) is 3.05. The molecule has 0 spiro atoms. The molecule has 2 heterocycles. The van der Waals surface area contributed by atoms with E-state index in [9.17, 15) is 19.5 Å². The molecule has 0 saturated heterocycles. The van der Waals surface area contributed by atoms with Crippen molar-refractivity contribution in [2.75, 3.05) is 7.11 Å². The Labute approximate surface area is 148 Å². The van der Waals surface area contributed by atoms with Crippen molar-refractivity contribution in [1.29, 1.82) is 0 Å². The van der Waals surface area contributed by atoms with E-state index in [0.717, 1.165) is 10.1 Å². The zero-order valence-electron chi connectivity index (χ0n) is 14.5. The molecule has 26 heavy (non-hydrogen) atoms. The quantitative estimate of drug-likeness (QED) is 0.828. The van der Waals surface area contributed by atoms with E-state index in [-0.39, 0.29) is 23.6 Å². The number of carbonyl (C=O) groups excluding carboxylic acids is 1. The summed E-state index contributed by atoms with van der Waals surface area (Å²) in [6.45, 7) is 1.37. The third-order valence-corrected chi connectivity index (χ3v) is 4.32. The van der Waals surface area contributed by atoms with E-state index in [1.165, 1.54) is 19.0 Å². The highest BCUT2D eigenvalue weighted by Gasteiger charge is 2.34. The van der Waals surface area contributed by atoms with Crippen LogP contribution >= 0.6 is 0 Å². The summed E-state index contributed by atoms with van der Waals surface area (Å²) < 4.78 is 6.05. The first-order valence-corrected chi connectivity index (χ1v) is 7.87. The molecule has 0 saturated carbocycles. The van der Waals surface area contributed by atoms with Crippen LogP contribution in [0.2, 0.25) is 0 Å². The van der Waals surface area contributed by atoms with Crippen molar-refractivity contribution in [3.8, 4) is 11.6 Å². The van der Waals surface area contributed by atoms with Crippen LogP contribution in [0.25, 0.3) is 0 Å². The molecule has 1 aliphatic heterocycles. The normalized spacial score (nSPS) is 16.5. The zero-order valence-corrected chi connectivity index (χ0v) is 14.5. The maximum absolute atomic E-state index is 12.2. The van der Waals surface area contributed by atoms with Gasteiger partial charge < -0.3 is 9.84 Å². The van der Waals surface area contributed by atoms with Crippen molar-refractivity contribution in [2.24, 2.45) is 12.1 Å². The number of H-pyrrole nitrogens is 1. The van der Waals surface area contributed by atoms with E-state index in [4.69, 9.17) is 4.74 Å². The number of hydrazone groups is 1. The molecule has 1 amide bonds. The van der Waals surface area contributed by atoms with Gasteiger partial charge in [-0.15, -0.1) is 0 Å². The van der Waals surface area contributed by atoms with Gasteiger partial charge in [-0.25, -0.2) is 9.80 Å². The Morgan fingerprint density at radius 3 is 2.54 bits per heavy atom. The van der Waals surface area contributed by atoms with E-state index >= 15 is 0 Å². The second kappa shape index (κ2) is 6.51. The van der Waals surface area contributed by atoms with Crippen molar-refractivity contribution < 1.29 is 14.6 Å². The first kappa shape index (κ1) is 17.5. The number of methoxy groups -OCH3 is 1.